The Morgan fingerprint density at radius 2 is 1.93 bits per heavy atom. The van der Waals surface area contributed by atoms with E-state index in [4.69, 9.17) is 4.52 Å². The fourth-order valence-electron chi connectivity index (χ4n) is 2.96. The number of aryl methyl sites for hydroxylation is 1. The van der Waals surface area contributed by atoms with Crippen LogP contribution in [0.15, 0.2) is 59.1 Å². The van der Waals surface area contributed by atoms with Gasteiger partial charge in [-0.2, -0.15) is 4.98 Å². The molecule has 0 fully saturated rings. The van der Waals surface area contributed by atoms with Crippen LogP contribution in [0.2, 0.25) is 0 Å². The minimum atomic E-state index is -0.303. The molecule has 0 spiro atoms. The van der Waals surface area contributed by atoms with Crippen molar-refractivity contribution >= 4 is 5.91 Å². The fraction of sp³-hybridized carbons (Fsp3) is 0.286. The lowest BCUT2D eigenvalue weighted by Gasteiger charge is -2.20. The highest BCUT2D eigenvalue weighted by atomic mass is 19.1. The molecule has 0 saturated carbocycles. The maximum absolute atomic E-state index is 13.4. The maximum atomic E-state index is 13.4. The van der Waals surface area contributed by atoms with E-state index in [9.17, 15) is 9.18 Å². The molecule has 1 N–H and O–H groups in total. The summed E-state index contributed by atoms with van der Waals surface area (Å²) < 4.78 is 18.6. The molecule has 0 radical (unpaired) electrons. The molecule has 0 unspecified atom stereocenters. The van der Waals surface area contributed by atoms with Crippen LogP contribution in [0, 0.1) is 18.7 Å². The second-order valence-corrected chi connectivity index (χ2v) is 6.65. The molecule has 5 nitrogen and oxygen atoms in total. The summed E-state index contributed by atoms with van der Waals surface area (Å²) in [5.74, 6) is 0.322. The zero-order valence-corrected chi connectivity index (χ0v) is 15.4. The summed E-state index contributed by atoms with van der Waals surface area (Å²) in [6.07, 6.45) is 0.869. The van der Waals surface area contributed by atoms with E-state index in [2.05, 4.69) is 15.5 Å². The molecule has 0 aliphatic carbocycles. The number of hydrogen-bond donors (Lipinski definition) is 1. The van der Waals surface area contributed by atoms with E-state index in [1.807, 2.05) is 43.3 Å². The number of aromatic nitrogens is 2. The van der Waals surface area contributed by atoms with E-state index in [1.165, 1.54) is 12.1 Å². The highest BCUT2D eigenvalue weighted by Gasteiger charge is 2.22. The van der Waals surface area contributed by atoms with Gasteiger partial charge in [0, 0.05) is 5.92 Å². The smallest absolute Gasteiger partial charge is 0.229 e. The number of amides is 1. The Labute approximate surface area is 157 Å². The van der Waals surface area contributed by atoms with Crippen molar-refractivity contribution in [2.24, 2.45) is 5.92 Å². The van der Waals surface area contributed by atoms with Crippen molar-refractivity contribution in [3.05, 3.63) is 83.3 Å². The first-order valence-electron chi connectivity index (χ1n) is 8.90. The van der Waals surface area contributed by atoms with Gasteiger partial charge in [-0.3, -0.25) is 4.79 Å². The Morgan fingerprint density at radius 1 is 1.15 bits per heavy atom. The van der Waals surface area contributed by atoms with Crippen molar-refractivity contribution in [1.82, 2.24) is 15.5 Å². The van der Waals surface area contributed by atoms with Gasteiger partial charge < -0.3 is 9.84 Å². The Balaban J connectivity index is 1.71. The number of carbonyl (C=O) groups is 1. The van der Waals surface area contributed by atoms with Crippen molar-refractivity contribution in [2.45, 2.75) is 32.7 Å². The summed E-state index contributed by atoms with van der Waals surface area (Å²) in [6.45, 7) is 3.59. The van der Waals surface area contributed by atoms with Gasteiger partial charge in [0.05, 0.1) is 12.5 Å². The van der Waals surface area contributed by atoms with Crippen molar-refractivity contribution in [1.29, 1.82) is 0 Å². The molecule has 0 aliphatic rings. The van der Waals surface area contributed by atoms with Gasteiger partial charge in [-0.25, -0.2) is 4.39 Å². The predicted molar refractivity (Wildman–Crippen MR) is 99.3 cm³/mol. The number of benzene rings is 2. The molecule has 27 heavy (non-hydrogen) atoms. The predicted octanol–water partition coefficient (Wildman–Crippen LogP) is 3.80. The summed E-state index contributed by atoms with van der Waals surface area (Å²) in [5, 5.41) is 6.87. The molecule has 1 aromatic heterocycles. The average molecular weight is 367 g/mol. The maximum Gasteiger partial charge on any atom is 0.229 e. The molecule has 6 heteroatoms. The summed E-state index contributed by atoms with van der Waals surface area (Å²) in [6, 6.07) is 15.7. The molecule has 0 bridgehead atoms. The largest absolute Gasteiger partial charge is 0.349 e. The van der Waals surface area contributed by atoms with Crippen LogP contribution in [-0.4, -0.2) is 16.0 Å². The number of rotatable bonds is 7. The average Bonchev–Trinajstić information content (AvgIpc) is 3.06. The Morgan fingerprint density at radius 3 is 2.59 bits per heavy atom. The first-order valence-corrected chi connectivity index (χ1v) is 8.90. The van der Waals surface area contributed by atoms with Crippen molar-refractivity contribution in [3.63, 3.8) is 0 Å². The third-order valence-electron chi connectivity index (χ3n) is 4.35. The van der Waals surface area contributed by atoms with Gasteiger partial charge in [-0.05, 0) is 36.6 Å². The van der Waals surface area contributed by atoms with E-state index in [1.54, 1.807) is 13.0 Å². The van der Waals surface area contributed by atoms with Gasteiger partial charge in [-0.1, -0.05) is 54.5 Å². The number of carbonyl (C=O) groups excluding carboxylic acids is 1. The second kappa shape index (κ2) is 8.58. The van der Waals surface area contributed by atoms with Crippen LogP contribution < -0.4 is 5.32 Å². The summed E-state index contributed by atoms with van der Waals surface area (Å²) in [5.41, 5.74) is 1.75. The van der Waals surface area contributed by atoms with Crippen LogP contribution in [-0.2, 0) is 17.6 Å². The highest BCUT2D eigenvalue weighted by molar-refractivity contribution is 5.79. The van der Waals surface area contributed by atoms with E-state index in [0.717, 1.165) is 11.1 Å². The Kier molecular flexibility index (Phi) is 5.96. The van der Waals surface area contributed by atoms with E-state index >= 15 is 0 Å². The van der Waals surface area contributed by atoms with E-state index < -0.39 is 0 Å². The molecule has 0 saturated heterocycles. The number of nitrogens with zero attached hydrogens (tertiary/aromatic N) is 2. The summed E-state index contributed by atoms with van der Waals surface area (Å²) in [7, 11) is 0. The van der Waals surface area contributed by atoms with Crippen LogP contribution in [0.5, 0.6) is 0 Å². The minimum Gasteiger partial charge on any atom is -0.349 e. The lowest BCUT2D eigenvalue weighted by Crippen LogP contribution is -2.34. The monoisotopic (exact) mass is 367 g/mol. The second-order valence-electron chi connectivity index (χ2n) is 6.65. The fourth-order valence-corrected chi connectivity index (χ4v) is 2.96. The lowest BCUT2D eigenvalue weighted by molar-refractivity contribution is -0.125. The zero-order valence-electron chi connectivity index (χ0n) is 15.4. The molecular formula is C21H22FN3O2. The van der Waals surface area contributed by atoms with Crippen LogP contribution in [0.4, 0.5) is 4.39 Å². The molecule has 0 aliphatic heterocycles. The normalized spacial score (nSPS) is 13.1. The standard InChI is InChI=1S/C21H22FN3O2/c1-14(11-16-7-6-10-18(22)12-16)21(26)24-19(17-8-4-3-5-9-17)13-20-23-15(2)25-27-20/h3-10,12,14,19H,11,13H2,1-2H3,(H,24,26)/t14-,19-/m0/s1. The summed E-state index contributed by atoms with van der Waals surface area (Å²) in [4.78, 5) is 17.0. The van der Waals surface area contributed by atoms with Crippen LogP contribution in [0.1, 0.15) is 35.8 Å². The summed E-state index contributed by atoms with van der Waals surface area (Å²) >= 11 is 0. The van der Waals surface area contributed by atoms with Crippen molar-refractivity contribution in [3.8, 4) is 0 Å². The molecular weight excluding hydrogens is 345 g/mol. The van der Waals surface area contributed by atoms with Gasteiger partial charge in [0.25, 0.3) is 0 Å². The quantitative estimate of drug-likeness (QED) is 0.690. The first kappa shape index (κ1) is 18.8. The molecule has 2 aromatic carbocycles. The van der Waals surface area contributed by atoms with Gasteiger partial charge in [0.1, 0.15) is 5.82 Å². The molecule has 3 rings (SSSR count). The van der Waals surface area contributed by atoms with E-state index in [-0.39, 0.29) is 23.7 Å². The minimum absolute atomic E-state index is 0.107. The number of halogens is 1. The van der Waals surface area contributed by atoms with Crippen molar-refractivity contribution in [2.75, 3.05) is 0 Å². The van der Waals surface area contributed by atoms with Crippen molar-refractivity contribution < 1.29 is 13.7 Å². The topological polar surface area (TPSA) is 68.0 Å². The van der Waals surface area contributed by atoms with Gasteiger partial charge in [0.2, 0.25) is 11.8 Å². The molecule has 1 heterocycles. The third-order valence-corrected chi connectivity index (χ3v) is 4.35. The van der Waals surface area contributed by atoms with E-state index in [0.29, 0.717) is 24.6 Å². The molecule has 3 aromatic rings. The Bertz CT molecular complexity index is 895. The van der Waals surface area contributed by atoms with Gasteiger partial charge in [-0.15, -0.1) is 0 Å². The number of nitrogens with one attached hydrogen (secondary N) is 1. The Hall–Kier alpha value is -3.02. The van der Waals surface area contributed by atoms with Gasteiger partial charge in [0.15, 0.2) is 5.82 Å². The molecule has 1 amide bonds. The van der Waals surface area contributed by atoms with Crippen LogP contribution in [0.3, 0.4) is 0 Å². The third kappa shape index (κ3) is 5.23. The number of hydrogen-bond acceptors (Lipinski definition) is 4. The van der Waals surface area contributed by atoms with Crippen LogP contribution >= 0.6 is 0 Å². The molecule has 2 atom stereocenters. The highest BCUT2D eigenvalue weighted by Crippen LogP contribution is 2.19. The zero-order chi connectivity index (χ0) is 19.2. The first-order chi connectivity index (χ1) is 13.0. The van der Waals surface area contributed by atoms with Gasteiger partial charge >= 0.3 is 0 Å². The SMILES string of the molecule is Cc1noc(C[C@H](NC(=O)[C@@H](C)Cc2cccc(F)c2)c2ccccc2)n1. The molecule has 140 valence electrons. The lowest BCUT2D eigenvalue weighted by atomic mass is 9.98. The van der Waals surface area contributed by atoms with Crippen LogP contribution in [0.25, 0.3) is 0 Å².